The molecule has 0 bridgehead atoms. The van der Waals surface area contributed by atoms with Crippen LogP contribution in [0.25, 0.3) is 5.69 Å². The minimum absolute atomic E-state index is 0.00679. The summed E-state index contributed by atoms with van der Waals surface area (Å²) < 4.78 is 2.16. The van der Waals surface area contributed by atoms with Gasteiger partial charge in [-0.25, -0.2) is 9.98 Å². The lowest BCUT2D eigenvalue weighted by molar-refractivity contribution is 0.0966. The van der Waals surface area contributed by atoms with E-state index >= 15 is 0 Å². The monoisotopic (exact) mass is 441 g/mol. The SMILES string of the molecule is CCN1NC(c2ccc(-n3cc(C4CC4)nc3C)cc2)=NC1Nc1ccc2c(c1)CNC2=O. The Morgan fingerprint density at radius 1 is 1.15 bits per heavy atom. The predicted molar refractivity (Wildman–Crippen MR) is 127 cm³/mol. The smallest absolute Gasteiger partial charge is 0.251 e. The summed E-state index contributed by atoms with van der Waals surface area (Å²) in [5, 5.41) is 8.39. The molecule has 1 amide bonds. The number of rotatable bonds is 6. The number of carbonyl (C=O) groups excluding carboxylic acids is 1. The number of aromatic nitrogens is 2. The Bertz CT molecular complexity index is 1260. The van der Waals surface area contributed by atoms with Crippen molar-refractivity contribution in [3.63, 3.8) is 0 Å². The van der Waals surface area contributed by atoms with Gasteiger partial charge in [-0.15, -0.1) is 0 Å². The fourth-order valence-electron chi connectivity index (χ4n) is 4.50. The van der Waals surface area contributed by atoms with Gasteiger partial charge in [-0.1, -0.05) is 6.92 Å². The molecule has 2 aliphatic heterocycles. The summed E-state index contributed by atoms with van der Waals surface area (Å²) in [4.78, 5) is 21.4. The van der Waals surface area contributed by atoms with Gasteiger partial charge >= 0.3 is 0 Å². The van der Waals surface area contributed by atoms with E-state index in [1.807, 2.05) is 18.2 Å². The lowest BCUT2D eigenvalue weighted by Gasteiger charge is -2.23. The number of aliphatic imine (C=N–C) groups is 1. The van der Waals surface area contributed by atoms with E-state index in [2.05, 4.69) is 69.9 Å². The van der Waals surface area contributed by atoms with Gasteiger partial charge in [0.2, 0.25) is 0 Å². The molecule has 0 radical (unpaired) electrons. The van der Waals surface area contributed by atoms with Crippen molar-refractivity contribution in [2.45, 2.75) is 45.4 Å². The molecule has 0 saturated heterocycles. The second-order valence-electron chi connectivity index (χ2n) is 8.85. The van der Waals surface area contributed by atoms with Crippen LogP contribution in [-0.2, 0) is 6.54 Å². The van der Waals surface area contributed by atoms with E-state index in [0.29, 0.717) is 12.5 Å². The molecular formula is C25H27N7O. The maximum absolute atomic E-state index is 11.8. The number of nitrogens with zero attached hydrogens (tertiary/aromatic N) is 4. The van der Waals surface area contributed by atoms with Crippen LogP contribution in [0.4, 0.5) is 5.69 Å². The quantitative estimate of drug-likeness (QED) is 0.547. The minimum Gasteiger partial charge on any atom is -0.350 e. The van der Waals surface area contributed by atoms with Crippen molar-refractivity contribution in [3.8, 4) is 5.69 Å². The summed E-state index contributed by atoms with van der Waals surface area (Å²) in [5.74, 6) is 2.49. The average molecular weight is 442 g/mol. The Balaban J connectivity index is 1.21. The molecule has 6 rings (SSSR count). The molecule has 3 aromatic rings. The topological polar surface area (TPSA) is 86.6 Å². The number of benzene rings is 2. The number of imidazole rings is 1. The van der Waals surface area contributed by atoms with E-state index in [1.54, 1.807) is 0 Å². The highest BCUT2D eigenvalue weighted by atomic mass is 16.1. The van der Waals surface area contributed by atoms with Gasteiger partial charge in [0, 0.05) is 47.7 Å². The number of hydrazine groups is 1. The first-order valence-corrected chi connectivity index (χ1v) is 11.5. The highest BCUT2D eigenvalue weighted by Crippen LogP contribution is 2.39. The van der Waals surface area contributed by atoms with Crippen molar-refractivity contribution in [1.29, 1.82) is 0 Å². The number of carbonyl (C=O) groups is 1. The van der Waals surface area contributed by atoms with Crippen LogP contribution in [-0.4, -0.2) is 39.1 Å². The maximum Gasteiger partial charge on any atom is 0.251 e. The second kappa shape index (κ2) is 7.74. The standard InChI is InChI=1S/C25H27N7O/c1-3-32-25(28-19-8-11-21-18(12-19)13-26-24(21)33)29-23(30-32)17-6-9-20(10-7-17)31-14-22(16-4-5-16)27-15(31)2/h6-12,14,16,25,28H,3-5,13H2,1-2H3,(H,26,33)(H,29,30). The summed E-state index contributed by atoms with van der Waals surface area (Å²) in [6.07, 6.45) is 4.45. The van der Waals surface area contributed by atoms with Crippen LogP contribution in [0.3, 0.4) is 0 Å². The highest BCUT2D eigenvalue weighted by molar-refractivity contribution is 6.00. The van der Waals surface area contributed by atoms with E-state index < -0.39 is 0 Å². The molecule has 1 aliphatic carbocycles. The van der Waals surface area contributed by atoms with Crippen molar-refractivity contribution in [3.05, 3.63) is 76.9 Å². The molecule has 3 heterocycles. The Kier molecular flexibility index (Phi) is 4.69. The molecule has 1 unspecified atom stereocenters. The molecule has 3 aliphatic rings. The van der Waals surface area contributed by atoms with E-state index in [0.717, 1.165) is 46.3 Å². The van der Waals surface area contributed by atoms with Crippen LogP contribution in [0.5, 0.6) is 0 Å². The van der Waals surface area contributed by atoms with Gasteiger partial charge in [0.05, 0.1) is 5.69 Å². The number of amides is 1. The predicted octanol–water partition coefficient (Wildman–Crippen LogP) is 3.28. The van der Waals surface area contributed by atoms with Crippen molar-refractivity contribution >= 4 is 17.4 Å². The van der Waals surface area contributed by atoms with Crippen LogP contribution in [0.1, 0.15) is 58.7 Å². The third-order valence-electron chi connectivity index (χ3n) is 6.54. The van der Waals surface area contributed by atoms with E-state index in [4.69, 9.17) is 9.98 Å². The molecular weight excluding hydrogens is 414 g/mol. The van der Waals surface area contributed by atoms with Gasteiger partial charge in [0.25, 0.3) is 5.91 Å². The number of fused-ring (bicyclic) bond motifs is 1. The van der Waals surface area contributed by atoms with Gasteiger partial charge < -0.3 is 15.2 Å². The molecule has 8 nitrogen and oxygen atoms in total. The average Bonchev–Trinajstić information content (AvgIpc) is 3.34. The first-order chi connectivity index (χ1) is 16.1. The summed E-state index contributed by atoms with van der Waals surface area (Å²) >= 11 is 0. The third-order valence-corrected chi connectivity index (χ3v) is 6.54. The molecule has 2 aromatic carbocycles. The van der Waals surface area contributed by atoms with E-state index in [-0.39, 0.29) is 12.2 Å². The Morgan fingerprint density at radius 2 is 1.97 bits per heavy atom. The zero-order valence-electron chi connectivity index (χ0n) is 18.8. The molecule has 168 valence electrons. The van der Waals surface area contributed by atoms with Crippen LogP contribution >= 0.6 is 0 Å². The number of nitrogens with one attached hydrogen (secondary N) is 3. The Morgan fingerprint density at radius 3 is 2.73 bits per heavy atom. The van der Waals surface area contributed by atoms with Crippen LogP contribution < -0.4 is 16.1 Å². The van der Waals surface area contributed by atoms with Gasteiger partial charge in [-0.3, -0.25) is 10.2 Å². The molecule has 33 heavy (non-hydrogen) atoms. The minimum atomic E-state index is -0.232. The molecule has 3 N–H and O–H groups in total. The van der Waals surface area contributed by atoms with E-state index in [1.165, 1.54) is 18.5 Å². The molecule has 1 atom stereocenters. The molecule has 1 aromatic heterocycles. The molecule has 1 saturated carbocycles. The Hall–Kier alpha value is -3.65. The fourth-order valence-corrected chi connectivity index (χ4v) is 4.50. The summed E-state index contributed by atoms with van der Waals surface area (Å²) in [5.41, 5.74) is 9.47. The number of amidine groups is 1. The van der Waals surface area contributed by atoms with Gasteiger partial charge in [0.1, 0.15) is 11.7 Å². The number of aryl methyl sites for hydroxylation is 1. The number of hydrogen-bond acceptors (Lipinski definition) is 6. The fraction of sp³-hybridized carbons (Fsp3) is 0.320. The second-order valence-corrected chi connectivity index (χ2v) is 8.85. The maximum atomic E-state index is 11.8. The van der Waals surface area contributed by atoms with E-state index in [9.17, 15) is 4.79 Å². The molecule has 1 fully saturated rings. The summed E-state index contributed by atoms with van der Waals surface area (Å²) in [7, 11) is 0. The van der Waals surface area contributed by atoms with Crippen LogP contribution in [0.2, 0.25) is 0 Å². The largest absolute Gasteiger partial charge is 0.350 e. The van der Waals surface area contributed by atoms with Crippen LogP contribution in [0.15, 0.2) is 53.7 Å². The number of anilines is 1. The Labute approximate surface area is 192 Å². The summed E-state index contributed by atoms with van der Waals surface area (Å²) in [6.45, 7) is 5.51. The number of hydrogen-bond donors (Lipinski definition) is 3. The van der Waals surface area contributed by atoms with Gasteiger partial charge in [-0.2, -0.15) is 5.01 Å². The lowest BCUT2D eigenvalue weighted by atomic mass is 10.1. The van der Waals surface area contributed by atoms with Crippen LogP contribution in [0, 0.1) is 6.92 Å². The first-order valence-electron chi connectivity index (χ1n) is 11.5. The highest BCUT2D eigenvalue weighted by Gasteiger charge is 2.28. The van der Waals surface area contributed by atoms with Gasteiger partial charge in [-0.05, 0) is 67.8 Å². The molecule has 0 spiro atoms. The zero-order chi connectivity index (χ0) is 22.5. The van der Waals surface area contributed by atoms with Crippen molar-refractivity contribution < 1.29 is 4.79 Å². The van der Waals surface area contributed by atoms with Crippen molar-refractivity contribution in [2.75, 3.05) is 11.9 Å². The summed E-state index contributed by atoms with van der Waals surface area (Å²) in [6, 6.07) is 14.3. The van der Waals surface area contributed by atoms with Gasteiger partial charge in [0.15, 0.2) is 6.29 Å². The van der Waals surface area contributed by atoms with Crippen molar-refractivity contribution in [1.82, 2.24) is 25.3 Å². The zero-order valence-corrected chi connectivity index (χ0v) is 18.8. The lowest BCUT2D eigenvalue weighted by Crippen LogP contribution is -2.44. The molecule has 8 heteroatoms. The first kappa shape index (κ1) is 20.0. The van der Waals surface area contributed by atoms with Crippen molar-refractivity contribution in [2.24, 2.45) is 4.99 Å². The normalized spacial score (nSPS) is 19.8. The third kappa shape index (κ3) is 3.66.